The molecule has 29 heavy (non-hydrogen) atoms. The first-order valence-corrected chi connectivity index (χ1v) is 11.6. The smallest absolute Gasteiger partial charge is 0.191 e. The summed E-state index contributed by atoms with van der Waals surface area (Å²) in [7, 11) is -1.23. The van der Waals surface area contributed by atoms with Crippen LogP contribution in [0, 0.1) is 0 Å². The predicted molar refractivity (Wildman–Crippen MR) is 125 cm³/mol. The maximum Gasteiger partial charge on any atom is 0.191 e. The third-order valence-electron chi connectivity index (χ3n) is 4.94. The van der Waals surface area contributed by atoms with Crippen LogP contribution in [-0.4, -0.2) is 83.3 Å². The predicted octanol–water partition coefficient (Wildman–Crippen LogP) is 0.868. The van der Waals surface area contributed by atoms with E-state index in [9.17, 15) is 8.42 Å². The number of ether oxygens (including phenoxy) is 2. The van der Waals surface area contributed by atoms with Crippen LogP contribution in [0.2, 0.25) is 0 Å². The van der Waals surface area contributed by atoms with Gasteiger partial charge < -0.3 is 20.1 Å². The van der Waals surface area contributed by atoms with Crippen LogP contribution in [0.5, 0.6) is 5.75 Å². The van der Waals surface area contributed by atoms with Gasteiger partial charge in [-0.1, -0.05) is 12.1 Å². The van der Waals surface area contributed by atoms with E-state index in [1.54, 1.807) is 7.05 Å². The highest BCUT2D eigenvalue weighted by molar-refractivity contribution is 14.0. The molecule has 0 amide bonds. The highest BCUT2D eigenvalue weighted by Crippen LogP contribution is 2.14. The Hall–Kier alpha value is -1.11. The molecule has 2 aliphatic heterocycles. The van der Waals surface area contributed by atoms with E-state index in [0.29, 0.717) is 25.5 Å². The molecule has 1 aromatic carbocycles. The quantitative estimate of drug-likeness (QED) is 0.303. The molecule has 1 unspecified atom stereocenters. The summed E-state index contributed by atoms with van der Waals surface area (Å²) in [6.45, 7) is 5.64. The Morgan fingerprint density at radius 1 is 1.34 bits per heavy atom. The lowest BCUT2D eigenvalue weighted by molar-refractivity contribution is 0.0322. The fourth-order valence-electron chi connectivity index (χ4n) is 3.35. The molecule has 2 aliphatic rings. The number of rotatable bonds is 7. The van der Waals surface area contributed by atoms with Crippen LogP contribution in [0.15, 0.2) is 29.3 Å². The average Bonchev–Trinajstić information content (AvgIpc) is 3.04. The second kappa shape index (κ2) is 11.9. The lowest BCUT2D eigenvalue weighted by Gasteiger charge is -2.26. The molecule has 0 radical (unpaired) electrons. The van der Waals surface area contributed by atoms with Crippen molar-refractivity contribution in [1.82, 2.24) is 15.5 Å². The Morgan fingerprint density at radius 3 is 2.83 bits per heavy atom. The topological polar surface area (TPSA) is 92.3 Å². The Morgan fingerprint density at radius 2 is 2.14 bits per heavy atom. The van der Waals surface area contributed by atoms with E-state index in [4.69, 9.17) is 9.47 Å². The van der Waals surface area contributed by atoms with Crippen molar-refractivity contribution in [1.29, 1.82) is 0 Å². The molecule has 164 valence electrons. The zero-order valence-corrected chi connectivity index (χ0v) is 19.9. The monoisotopic (exact) mass is 538 g/mol. The molecule has 2 heterocycles. The van der Waals surface area contributed by atoms with Crippen LogP contribution in [-0.2, 0) is 21.1 Å². The van der Waals surface area contributed by atoms with Gasteiger partial charge in [0.05, 0.1) is 24.7 Å². The number of nitrogens with one attached hydrogen (secondary N) is 2. The summed E-state index contributed by atoms with van der Waals surface area (Å²) >= 11 is 0. The molecule has 0 saturated carbocycles. The Kier molecular flexibility index (Phi) is 9.93. The van der Waals surface area contributed by atoms with Gasteiger partial charge in [-0.05, 0) is 24.1 Å². The minimum Gasteiger partial charge on any atom is -0.492 e. The van der Waals surface area contributed by atoms with Crippen LogP contribution in [0.25, 0.3) is 0 Å². The molecule has 2 N–H and O–H groups in total. The zero-order chi connectivity index (χ0) is 19.8. The number of sulfone groups is 1. The van der Waals surface area contributed by atoms with Gasteiger partial charge in [0.1, 0.15) is 12.4 Å². The molecule has 8 nitrogen and oxygen atoms in total. The van der Waals surface area contributed by atoms with E-state index in [0.717, 1.165) is 44.2 Å². The minimum absolute atomic E-state index is 0. The number of guanidine groups is 1. The molecule has 0 bridgehead atoms. The first-order valence-electron chi connectivity index (χ1n) is 9.73. The first kappa shape index (κ1) is 24.2. The second-order valence-electron chi connectivity index (χ2n) is 7.12. The van der Waals surface area contributed by atoms with Gasteiger partial charge in [-0.25, -0.2) is 8.42 Å². The van der Waals surface area contributed by atoms with Crippen LogP contribution in [0.1, 0.15) is 12.0 Å². The van der Waals surface area contributed by atoms with Crippen molar-refractivity contribution in [3.8, 4) is 5.75 Å². The number of halogens is 1. The standard InChI is InChI=1S/C19H30N4O4S.HI/c1-20-19(22-17-5-12-28(24,25)15-17)21-14-16-3-2-4-18(13-16)27-11-8-23-6-9-26-10-7-23;/h2-4,13,17H,5-12,14-15H2,1H3,(H2,20,21,22);1H. The van der Waals surface area contributed by atoms with Crippen molar-refractivity contribution in [2.45, 2.75) is 19.0 Å². The lowest BCUT2D eigenvalue weighted by Crippen LogP contribution is -2.43. The third-order valence-corrected chi connectivity index (χ3v) is 6.70. The fraction of sp³-hybridized carbons (Fsp3) is 0.632. The summed E-state index contributed by atoms with van der Waals surface area (Å²) in [5.41, 5.74) is 1.07. The first-order chi connectivity index (χ1) is 13.5. The fourth-order valence-corrected chi connectivity index (χ4v) is 5.02. The Balaban J connectivity index is 0.00000300. The number of nitrogens with zero attached hydrogens (tertiary/aromatic N) is 2. The van der Waals surface area contributed by atoms with Gasteiger partial charge in [-0.2, -0.15) is 0 Å². The largest absolute Gasteiger partial charge is 0.492 e. The van der Waals surface area contributed by atoms with Gasteiger partial charge in [-0.3, -0.25) is 9.89 Å². The summed E-state index contributed by atoms with van der Waals surface area (Å²) in [6.07, 6.45) is 0.621. The van der Waals surface area contributed by atoms with Crippen LogP contribution < -0.4 is 15.4 Å². The highest BCUT2D eigenvalue weighted by Gasteiger charge is 2.28. The molecule has 10 heteroatoms. The van der Waals surface area contributed by atoms with E-state index in [2.05, 4.69) is 20.5 Å². The number of benzene rings is 1. The van der Waals surface area contributed by atoms with Crippen molar-refractivity contribution >= 4 is 39.8 Å². The van der Waals surface area contributed by atoms with Gasteiger partial charge in [-0.15, -0.1) is 24.0 Å². The van der Waals surface area contributed by atoms with Crippen LogP contribution in [0.3, 0.4) is 0 Å². The van der Waals surface area contributed by atoms with Gasteiger partial charge in [0, 0.05) is 39.3 Å². The van der Waals surface area contributed by atoms with Gasteiger partial charge >= 0.3 is 0 Å². The van der Waals surface area contributed by atoms with E-state index >= 15 is 0 Å². The average molecular weight is 538 g/mol. The highest BCUT2D eigenvalue weighted by atomic mass is 127. The zero-order valence-electron chi connectivity index (χ0n) is 16.8. The summed E-state index contributed by atoms with van der Waals surface area (Å²) < 4.78 is 34.4. The van der Waals surface area contributed by atoms with Crippen molar-refractivity contribution in [2.75, 3.05) is 58.0 Å². The van der Waals surface area contributed by atoms with Crippen molar-refractivity contribution in [3.05, 3.63) is 29.8 Å². The second-order valence-corrected chi connectivity index (χ2v) is 9.35. The number of morpholine rings is 1. The maximum atomic E-state index is 11.6. The van der Waals surface area contributed by atoms with Crippen LogP contribution in [0.4, 0.5) is 0 Å². The van der Waals surface area contributed by atoms with E-state index in [-0.39, 0.29) is 41.5 Å². The Labute approximate surface area is 190 Å². The summed E-state index contributed by atoms with van der Waals surface area (Å²) in [5.74, 6) is 1.87. The molecule has 0 aliphatic carbocycles. The summed E-state index contributed by atoms with van der Waals surface area (Å²) in [4.78, 5) is 6.53. The van der Waals surface area contributed by atoms with Crippen molar-refractivity contribution in [3.63, 3.8) is 0 Å². The number of hydrogen-bond donors (Lipinski definition) is 2. The molecular weight excluding hydrogens is 507 g/mol. The molecule has 1 aromatic rings. The summed E-state index contributed by atoms with van der Waals surface area (Å²) in [5, 5.41) is 6.43. The van der Waals surface area contributed by atoms with Gasteiger partial charge in [0.25, 0.3) is 0 Å². The van der Waals surface area contributed by atoms with Crippen molar-refractivity contribution < 1.29 is 17.9 Å². The Bertz CT molecular complexity index is 769. The molecular formula is C19H31IN4O4S. The summed E-state index contributed by atoms with van der Waals surface area (Å²) in [6, 6.07) is 7.89. The van der Waals surface area contributed by atoms with E-state index in [1.165, 1.54) is 0 Å². The number of aliphatic imine (C=N–C) groups is 1. The normalized spacial score (nSPS) is 22.0. The molecule has 3 rings (SSSR count). The maximum absolute atomic E-state index is 11.6. The SMILES string of the molecule is CN=C(NCc1cccc(OCCN2CCOCC2)c1)NC1CCS(=O)(=O)C1.I. The van der Waals surface area contributed by atoms with Crippen molar-refractivity contribution in [2.24, 2.45) is 4.99 Å². The molecule has 0 spiro atoms. The van der Waals surface area contributed by atoms with E-state index < -0.39 is 9.84 Å². The number of hydrogen-bond acceptors (Lipinski definition) is 6. The molecule has 0 aromatic heterocycles. The third kappa shape index (κ3) is 8.27. The van der Waals surface area contributed by atoms with Gasteiger partial charge in [0.2, 0.25) is 0 Å². The van der Waals surface area contributed by atoms with Gasteiger partial charge in [0.15, 0.2) is 15.8 Å². The molecule has 2 fully saturated rings. The van der Waals surface area contributed by atoms with Crippen LogP contribution >= 0.6 is 24.0 Å². The van der Waals surface area contributed by atoms with E-state index in [1.807, 2.05) is 24.3 Å². The minimum atomic E-state index is -2.91. The lowest BCUT2D eigenvalue weighted by atomic mass is 10.2. The molecule has 1 atom stereocenters. The molecule has 2 saturated heterocycles.